The zero-order valence-electron chi connectivity index (χ0n) is 15.4. The number of carbonyl (C=O) groups excluding carboxylic acids is 1. The van der Waals surface area contributed by atoms with Crippen LogP contribution in [0.15, 0.2) is 30.5 Å². The molecule has 7 heteroatoms. The standard InChI is InChI=1S/C19H24N4O3/c1-13-10-15(18(23(25)26)11-14(13)2)20-19(24)12-22-9-5-7-17(22)16-6-4-8-21(16)3/h4,6,8,10-11,17H,5,7,9,12H2,1-3H3,(H,20,24)/p+1/t17-/m1/s1. The predicted molar refractivity (Wildman–Crippen MR) is 99.3 cm³/mol. The van der Waals surface area contributed by atoms with Crippen molar-refractivity contribution >= 4 is 17.3 Å². The molecule has 0 bridgehead atoms. The first-order chi connectivity index (χ1) is 12.4. The average Bonchev–Trinajstić information content (AvgIpc) is 3.18. The molecule has 1 aliphatic rings. The summed E-state index contributed by atoms with van der Waals surface area (Å²) in [6, 6.07) is 7.60. The number of anilines is 1. The molecule has 2 N–H and O–H groups in total. The molecule has 0 aliphatic carbocycles. The molecule has 138 valence electrons. The first kappa shape index (κ1) is 18.1. The van der Waals surface area contributed by atoms with Crippen molar-refractivity contribution in [2.24, 2.45) is 7.05 Å². The molecule has 1 saturated heterocycles. The van der Waals surface area contributed by atoms with E-state index < -0.39 is 4.92 Å². The molecule has 3 rings (SSSR count). The van der Waals surface area contributed by atoms with E-state index in [4.69, 9.17) is 0 Å². The van der Waals surface area contributed by atoms with E-state index in [0.717, 1.165) is 30.5 Å². The van der Waals surface area contributed by atoms with Crippen molar-refractivity contribution < 1.29 is 14.6 Å². The van der Waals surface area contributed by atoms with E-state index in [1.807, 2.05) is 33.2 Å². The van der Waals surface area contributed by atoms with Gasteiger partial charge in [0.2, 0.25) is 0 Å². The monoisotopic (exact) mass is 357 g/mol. The molecule has 1 amide bonds. The van der Waals surface area contributed by atoms with Crippen LogP contribution in [-0.2, 0) is 11.8 Å². The Labute approximate surface area is 152 Å². The fourth-order valence-electron chi connectivity index (χ4n) is 3.77. The quantitative estimate of drug-likeness (QED) is 0.633. The fourth-order valence-corrected chi connectivity index (χ4v) is 3.77. The van der Waals surface area contributed by atoms with E-state index in [1.165, 1.54) is 16.7 Å². The van der Waals surface area contributed by atoms with Crippen LogP contribution in [0.2, 0.25) is 0 Å². The van der Waals surface area contributed by atoms with Crippen LogP contribution in [0, 0.1) is 24.0 Å². The predicted octanol–water partition coefficient (Wildman–Crippen LogP) is 1.91. The van der Waals surface area contributed by atoms with Crippen LogP contribution in [0.5, 0.6) is 0 Å². The summed E-state index contributed by atoms with van der Waals surface area (Å²) in [6.45, 7) is 4.94. The molecule has 7 nitrogen and oxygen atoms in total. The number of aryl methyl sites for hydroxylation is 3. The number of nitrogens with one attached hydrogen (secondary N) is 2. The highest BCUT2D eigenvalue weighted by molar-refractivity contribution is 5.94. The lowest BCUT2D eigenvalue weighted by Crippen LogP contribution is -3.11. The van der Waals surface area contributed by atoms with E-state index in [0.29, 0.717) is 6.54 Å². The molecule has 1 unspecified atom stereocenters. The number of benzene rings is 1. The summed E-state index contributed by atoms with van der Waals surface area (Å²) >= 11 is 0. The summed E-state index contributed by atoms with van der Waals surface area (Å²) < 4.78 is 2.10. The highest BCUT2D eigenvalue weighted by atomic mass is 16.6. The van der Waals surface area contributed by atoms with Crippen LogP contribution >= 0.6 is 0 Å². The van der Waals surface area contributed by atoms with Gasteiger partial charge < -0.3 is 14.8 Å². The number of hydrogen-bond acceptors (Lipinski definition) is 3. The summed E-state index contributed by atoms with van der Waals surface area (Å²) in [4.78, 5) is 24.6. The summed E-state index contributed by atoms with van der Waals surface area (Å²) in [6.07, 6.45) is 4.14. The number of aromatic nitrogens is 1. The summed E-state index contributed by atoms with van der Waals surface area (Å²) in [7, 11) is 2.02. The van der Waals surface area contributed by atoms with Crippen molar-refractivity contribution in [3.8, 4) is 0 Å². The zero-order valence-corrected chi connectivity index (χ0v) is 15.4. The number of likely N-dealkylation sites (tertiary alicyclic amines) is 1. The van der Waals surface area contributed by atoms with Gasteiger partial charge in [-0.2, -0.15) is 0 Å². The number of nitrogens with zero attached hydrogens (tertiary/aromatic N) is 2. The molecule has 0 radical (unpaired) electrons. The Hall–Kier alpha value is -2.67. The van der Waals surface area contributed by atoms with Crippen molar-refractivity contribution in [3.63, 3.8) is 0 Å². The Morgan fingerprint density at radius 2 is 2.12 bits per heavy atom. The van der Waals surface area contributed by atoms with E-state index >= 15 is 0 Å². The van der Waals surface area contributed by atoms with Gasteiger partial charge in [-0.05, 0) is 43.2 Å². The van der Waals surface area contributed by atoms with Crippen LogP contribution < -0.4 is 10.2 Å². The highest BCUT2D eigenvalue weighted by Gasteiger charge is 2.33. The fraction of sp³-hybridized carbons (Fsp3) is 0.421. The second-order valence-electron chi connectivity index (χ2n) is 7.08. The number of carbonyl (C=O) groups is 1. The van der Waals surface area contributed by atoms with Crippen molar-refractivity contribution in [1.29, 1.82) is 0 Å². The van der Waals surface area contributed by atoms with E-state index in [2.05, 4.69) is 16.0 Å². The first-order valence-electron chi connectivity index (χ1n) is 8.88. The Balaban J connectivity index is 1.74. The molecule has 0 spiro atoms. The number of amides is 1. The summed E-state index contributed by atoms with van der Waals surface area (Å²) in [5.74, 6) is -0.188. The third-order valence-corrected chi connectivity index (χ3v) is 5.29. The minimum atomic E-state index is -0.447. The molecule has 1 aromatic heterocycles. The average molecular weight is 357 g/mol. The molecule has 0 saturated carbocycles. The lowest BCUT2D eigenvalue weighted by atomic mass is 10.1. The molecule has 1 fully saturated rings. The molecule has 1 aromatic carbocycles. The van der Waals surface area contributed by atoms with E-state index in [-0.39, 0.29) is 23.3 Å². The lowest BCUT2D eigenvalue weighted by Gasteiger charge is -2.21. The topological polar surface area (TPSA) is 81.6 Å². The maximum absolute atomic E-state index is 12.6. The van der Waals surface area contributed by atoms with Gasteiger partial charge in [0.15, 0.2) is 6.54 Å². The van der Waals surface area contributed by atoms with Gasteiger partial charge in [0.05, 0.1) is 17.2 Å². The van der Waals surface area contributed by atoms with Gasteiger partial charge in [-0.25, -0.2) is 0 Å². The van der Waals surface area contributed by atoms with Gasteiger partial charge in [-0.15, -0.1) is 0 Å². The highest BCUT2D eigenvalue weighted by Crippen LogP contribution is 2.28. The second-order valence-corrected chi connectivity index (χ2v) is 7.08. The number of nitro benzene ring substituents is 1. The summed E-state index contributed by atoms with van der Waals surface area (Å²) in [5, 5.41) is 14.1. The maximum Gasteiger partial charge on any atom is 0.293 e. The minimum absolute atomic E-state index is 0.0585. The van der Waals surface area contributed by atoms with E-state index in [9.17, 15) is 14.9 Å². The Morgan fingerprint density at radius 3 is 2.77 bits per heavy atom. The molecular weight excluding hydrogens is 332 g/mol. The van der Waals surface area contributed by atoms with Gasteiger partial charge in [0.25, 0.3) is 11.6 Å². The van der Waals surface area contributed by atoms with Gasteiger partial charge in [-0.1, -0.05) is 0 Å². The molecule has 1 aliphatic heterocycles. The second kappa shape index (κ2) is 7.29. The largest absolute Gasteiger partial charge is 0.350 e. The third kappa shape index (κ3) is 3.62. The number of quaternary nitrogens is 1. The molecular formula is C19H25N4O3+. The first-order valence-corrected chi connectivity index (χ1v) is 8.88. The van der Waals surface area contributed by atoms with Crippen LogP contribution in [0.1, 0.15) is 35.7 Å². The van der Waals surface area contributed by atoms with Crippen molar-refractivity contribution in [2.45, 2.75) is 32.7 Å². The van der Waals surface area contributed by atoms with Gasteiger partial charge >= 0.3 is 0 Å². The van der Waals surface area contributed by atoms with Crippen molar-refractivity contribution in [1.82, 2.24) is 4.57 Å². The van der Waals surface area contributed by atoms with Gasteiger partial charge in [0.1, 0.15) is 11.7 Å². The molecule has 26 heavy (non-hydrogen) atoms. The number of rotatable bonds is 5. The van der Waals surface area contributed by atoms with Crippen LogP contribution in [0.3, 0.4) is 0 Å². The van der Waals surface area contributed by atoms with Gasteiger partial charge in [0, 0.05) is 32.2 Å². The van der Waals surface area contributed by atoms with Crippen molar-refractivity contribution in [2.75, 3.05) is 18.4 Å². The number of nitro groups is 1. The SMILES string of the molecule is Cc1cc(NC(=O)C[NH+]2CCC[C@@H]2c2cccn2C)c([N+](=O)[O-])cc1C. The maximum atomic E-state index is 12.6. The van der Waals surface area contributed by atoms with Gasteiger partial charge in [-0.3, -0.25) is 14.9 Å². The molecule has 2 aromatic rings. The molecule has 2 atom stereocenters. The minimum Gasteiger partial charge on any atom is -0.350 e. The van der Waals surface area contributed by atoms with Crippen molar-refractivity contribution in [3.05, 3.63) is 57.4 Å². The Morgan fingerprint density at radius 1 is 1.38 bits per heavy atom. The third-order valence-electron chi connectivity index (χ3n) is 5.29. The van der Waals surface area contributed by atoms with E-state index in [1.54, 1.807) is 6.07 Å². The normalized spacial score (nSPS) is 19.5. The Kier molecular flexibility index (Phi) is 5.08. The van der Waals surface area contributed by atoms with Crippen LogP contribution in [0.4, 0.5) is 11.4 Å². The smallest absolute Gasteiger partial charge is 0.293 e. The van der Waals surface area contributed by atoms with Crippen LogP contribution in [0.25, 0.3) is 0 Å². The lowest BCUT2D eigenvalue weighted by molar-refractivity contribution is -0.910. The zero-order chi connectivity index (χ0) is 18.8. The summed E-state index contributed by atoms with van der Waals surface area (Å²) in [5.41, 5.74) is 3.20. The molecule has 2 heterocycles. The Bertz CT molecular complexity index is 843. The number of hydrogen-bond donors (Lipinski definition) is 2. The van der Waals surface area contributed by atoms with Crippen LogP contribution in [-0.4, -0.2) is 28.5 Å².